The molecule has 0 aromatic carbocycles. The Balaban J connectivity index is 0.000000360. The Morgan fingerprint density at radius 3 is 1.22 bits per heavy atom. The van der Waals surface area contributed by atoms with E-state index in [1.54, 1.807) is 0 Å². The van der Waals surface area contributed by atoms with Gasteiger partial charge >= 0.3 is 0 Å². The third kappa shape index (κ3) is 11.0. The monoisotopic (exact) mass is 542 g/mol. The van der Waals surface area contributed by atoms with Gasteiger partial charge in [-0.1, -0.05) is 58.3 Å². The zero-order chi connectivity index (χ0) is 27.1. The minimum Gasteiger partial charge on any atom is -0.394 e. The van der Waals surface area contributed by atoms with E-state index in [0.717, 1.165) is 50.7 Å². The van der Waals surface area contributed by atoms with Crippen LogP contribution < -0.4 is 0 Å². The molecule has 4 unspecified atom stereocenters. The molecule has 8 N–H and O–H groups in total. The largest absolute Gasteiger partial charge is 0.394 e. The van der Waals surface area contributed by atoms with Gasteiger partial charge in [-0.3, -0.25) is 0 Å². The lowest BCUT2D eigenvalue weighted by atomic mass is 9.92. The molecule has 2 saturated heterocycles. The van der Waals surface area contributed by atoms with Crippen LogP contribution in [0, 0.1) is 0 Å². The first-order chi connectivity index (χ1) is 17.2. The lowest BCUT2D eigenvalue weighted by Crippen LogP contribution is -2.58. The van der Waals surface area contributed by atoms with E-state index >= 15 is 0 Å². The molecule has 0 radical (unpaired) electrons. The molecule has 2 aliphatic heterocycles. The first-order valence-corrected chi connectivity index (χ1v) is 14.1. The number of rotatable bonds is 14. The number of aliphatic hydroxyl groups excluding tert-OH is 8. The van der Waals surface area contributed by atoms with Crippen molar-refractivity contribution in [3.8, 4) is 0 Å². The van der Waals surface area contributed by atoms with E-state index in [2.05, 4.69) is 19.6 Å². The molecule has 216 valence electrons. The molecule has 0 aliphatic carbocycles. The second-order valence-electron chi connectivity index (χ2n) is 9.86. The summed E-state index contributed by atoms with van der Waals surface area (Å²) in [5.74, 6) is 0.875. The van der Waals surface area contributed by atoms with Gasteiger partial charge in [0.2, 0.25) is 0 Å². The molecular weight excluding hydrogens is 492 g/mol. The third-order valence-electron chi connectivity index (χ3n) is 6.97. The molecule has 2 aliphatic rings. The predicted octanol–water partition coefficient (Wildman–Crippen LogP) is -0.102. The molecule has 0 bridgehead atoms. The Labute approximate surface area is 220 Å². The summed E-state index contributed by atoms with van der Waals surface area (Å²) in [6.45, 7) is 1.44. The molecule has 2 heterocycles. The van der Waals surface area contributed by atoms with Crippen molar-refractivity contribution >= 4 is 12.6 Å². The van der Waals surface area contributed by atoms with Crippen LogP contribution in [0.5, 0.6) is 0 Å². The fourth-order valence-electron chi connectivity index (χ4n) is 4.59. The fraction of sp³-hybridized carbons (Fsp3) is 1.00. The maximum absolute atomic E-state index is 9.81. The van der Waals surface area contributed by atoms with Gasteiger partial charge in [0.05, 0.1) is 25.4 Å². The summed E-state index contributed by atoms with van der Waals surface area (Å²) in [4.78, 5) is 0. The van der Waals surface area contributed by atoms with Crippen molar-refractivity contribution < 1.29 is 50.3 Å². The van der Waals surface area contributed by atoms with Crippen LogP contribution in [0.4, 0.5) is 0 Å². The van der Waals surface area contributed by atoms with Gasteiger partial charge in [-0.05, 0) is 25.0 Å². The van der Waals surface area contributed by atoms with Crippen LogP contribution in [0.3, 0.4) is 0 Å². The predicted molar refractivity (Wildman–Crippen MR) is 138 cm³/mol. The third-order valence-corrected chi connectivity index (χ3v) is 7.29. The second-order valence-corrected chi connectivity index (χ2v) is 10.3. The Hall–Kier alpha value is -0.0500. The van der Waals surface area contributed by atoms with E-state index in [4.69, 9.17) is 19.7 Å². The normalized spacial score (nSPS) is 36.8. The Bertz CT molecular complexity index is 495. The number of hydrogen-bond donors (Lipinski definition) is 9. The highest BCUT2D eigenvalue weighted by molar-refractivity contribution is 7.80. The molecule has 0 spiro atoms. The van der Waals surface area contributed by atoms with E-state index < -0.39 is 61.0 Å². The molecule has 0 aromatic heterocycles. The van der Waals surface area contributed by atoms with Gasteiger partial charge in [0.1, 0.15) is 48.8 Å². The summed E-state index contributed by atoms with van der Waals surface area (Å²) in [6.07, 6.45) is 1.12. The van der Waals surface area contributed by atoms with Crippen molar-refractivity contribution in [3.63, 3.8) is 0 Å². The van der Waals surface area contributed by atoms with Gasteiger partial charge in [-0.2, -0.15) is 12.6 Å². The SMILES string of the molecule is CCCCCCC[C@@H]1OC(CO)[C@H](O)[C@H](O)C1O.OCC1O[C@H](CCCCCCS)C(O)[C@@H](O)[C@H]1O. The highest BCUT2D eigenvalue weighted by Gasteiger charge is 2.43. The minimum atomic E-state index is -1.25. The lowest BCUT2D eigenvalue weighted by molar-refractivity contribution is -0.230. The first-order valence-electron chi connectivity index (χ1n) is 13.4. The smallest absolute Gasteiger partial charge is 0.111 e. The van der Waals surface area contributed by atoms with Crippen LogP contribution in [0.1, 0.15) is 77.6 Å². The van der Waals surface area contributed by atoms with Gasteiger partial charge in [0, 0.05) is 0 Å². The zero-order valence-electron chi connectivity index (χ0n) is 21.5. The van der Waals surface area contributed by atoms with Crippen LogP contribution in [0.15, 0.2) is 0 Å². The molecule has 2 rings (SSSR count). The molecular formula is C25H50O10S. The summed E-state index contributed by atoms with van der Waals surface area (Å²) in [5.41, 5.74) is 0. The molecule has 0 saturated carbocycles. The average Bonchev–Trinajstić information content (AvgIpc) is 2.88. The highest BCUT2D eigenvalue weighted by Crippen LogP contribution is 2.26. The number of hydrogen-bond acceptors (Lipinski definition) is 11. The minimum absolute atomic E-state index is 0.350. The van der Waals surface area contributed by atoms with E-state index in [9.17, 15) is 30.6 Å². The highest BCUT2D eigenvalue weighted by atomic mass is 32.1. The van der Waals surface area contributed by atoms with Crippen LogP contribution in [-0.2, 0) is 9.47 Å². The summed E-state index contributed by atoms with van der Waals surface area (Å²) >= 11 is 4.13. The molecule has 11 heteroatoms. The first kappa shape index (κ1) is 34.0. The van der Waals surface area contributed by atoms with Crippen molar-refractivity contribution in [1.82, 2.24) is 0 Å². The van der Waals surface area contributed by atoms with Crippen molar-refractivity contribution in [2.24, 2.45) is 0 Å². The number of aliphatic hydroxyl groups is 8. The van der Waals surface area contributed by atoms with Crippen LogP contribution in [0.2, 0.25) is 0 Å². The lowest BCUT2D eigenvalue weighted by Gasteiger charge is -2.40. The molecule has 36 heavy (non-hydrogen) atoms. The maximum atomic E-state index is 9.81. The Morgan fingerprint density at radius 1 is 0.500 bits per heavy atom. The van der Waals surface area contributed by atoms with Gasteiger partial charge in [0.25, 0.3) is 0 Å². The summed E-state index contributed by atoms with van der Waals surface area (Å²) in [7, 11) is 0. The van der Waals surface area contributed by atoms with Gasteiger partial charge in [-0.25, -0.2) is 0 Å². The van der Waals surface area contributed by atoms with E-state index in [0.29, 0.717) is 12.8 Å². The van der Waals surface area contributed by atoms with Crippen LogP contribution in [0.25, 0.3) is 0 Å². The summed E-state index contributed by atoms with van der Waals surface area (Å²) < 4.78 is 10.8. The van der Waals surface area contributed by atoms with Crippen molar-refractivity contribution in [3.05, 3.63) is 0 Å². The van der Waals surface area contributed by atoms with Gasteiger partial charge in [0.15, 0.2) is 0 Å². The van der Waals surface area contributed by atoms with Crippen molar-refractivity contribution in [1.29, 1.82) is 0 Å². The van der Waals surface area contributed by atoms with Gasteiger partial charge in [-0.15, -0.1) is 0 Å². The molecule has 0 amide bonds. The topological polar surface area (TPSA) is 180 Å². The van der Waals surface area contributed by atoms with E-state index in [1.165, 1.54) is 12.8 Å². The summed E-state index contributed by atoms with van der Waals surface area (Å²) in [5, 5.41) is 76.1. The van der Waals surface area contributed by atoms with Crippen molar-refractivity contribution in [2.45, 2.75) is 139 Å². The van der Waals surface area contributed by atoms with E-state index in [1.807, 2.05) is 0 Å². The number of unbranched alkanes of at least 4 members (excludes halogenated alkanes) is 7. The van der Waals surface area contributed by atoms with E-state index in [-0.39, 0.29) is 13.2 Å². The second kappa shape index (κ2) is 19.1. The standard InChI is InChI=1S/C13H26O5.C12H24O5S/c1-2-3-4-5-6-7-9-11(15)13(17)12(16)10(8-14)18-9;13-7-9-11(15)12(16)10(14)8(17-9)5-3-1-2-4-6-18/h9-17H,2-8H2,1H3;8-16,18H,1-7H2/t9-,10?,11?,12-,13+;8-,9?,10?,11+,12-/m01/s1. The zero-order valence-corrected chi connectivity index (χ0v) is 22.4. The molecule has 2 fully saturated rings. The quantitative estimate of drug-likeness (QED) is 0.106. The van der Waals surface area contributed by atoms with Gasteiger partial charge < -0.3 is 50.3 Å². The molecule has 10 nitrogen and oxygen atoms in total. The van der Waals surface area contributed by atoms with Crippen molar-refractivity contribution in [2.75, 3.05) is 19.0 Å². The maximum Gasteiger partial charge on any atom is 0.111 e. The average molecular weight is 543 g/mol. The van der Waals surface area contributed by atoms with Crippen LogP contribution >= 0.6 is 12.6 Å². The van der Waals surface area contributed by atoms with Crippen LogP contribution in [-0.4, -0.2) is 121 Å². The summed E-state index contributed by atoms with van der Waals surface area (Å²) in [6, 6.07) is 0. The molecule has 10 atom stereocenters. The fourth-order valence-corrected chi connectivity index (χ4v) is 4.82. The number of ether oxygens (including phenoxy) is 2. The molecule has 0 aromatic rings. The Kier molecular flexibility index (Phi) is 18.0. The Morgan fingerprint density at radius 2 is 0.861 bits per heavy atom. The number of thiol groups is 1.